The van der Waals surface area contributed by atoms with Gasteiger partial charge in [-0.25, -0.2) is 0 Å². The largest absolute Gasteiger partial charge is 0.492 e. The van der Waals surface area contributed by atoms with Crippen molar-refractivity contribution in [3.05, 3.63) is 29.8 Å². The van der Waals surface area contributed by atoms with E-state index in [0.717, 1.165) is 45.0 Å². The quantitative estimate of drug-likeness (QED) is 0.864. The molecule has 0 radical (unpaired) electrons. The minimum Gasteiger partial charge on any atom is -0.492 e. The molecule has 0 aliphatic carbocycles. The number of rotatable bonds is 4. The van der Waals surface area contributed by atoms with E-state index in [9.17, 15) is 0 Å². The zero-order valence-electron chi connectivity index (χ0n) is 10.6. The summed E-state index contributed by atoms with van der Waals surface area (Å²) in [5.74, 6) is 1.64. The molecule has 0 aromatic heterocycles. The maximum Gasteiger partial charge on any atom is 0.123 e. The Balaban J connectivity index is 2.02. The van der Waals surface area contributed by atoms with Crippen LogP contribution in [-0.4, -0.2) is 31.1 Å². The molecule has 0 fully saturated rings. The van der Waals surface area contributed by atoms with Gasteiger partial charge in [0.15, 0.2) is 0 Å². The fraction of sp³-hybridized carbons (Fsp3) is 0.571. The van der Waals surface area contributed by atoms with Crippen LogP contribution in [0.4, 0.5) is 0 Å². The van der Waals surface area contributed by atoms with Crippen LogP contribution in [0.2, 0.25) is 0 Å². The van der Waals surface area contributed by atoms with Crippen molar-refractivity contribution in [1.82, 2.24) is 4.90 Å². The lowest BCUT2D eigenvalue weighted by molar-refractivity contribution is 0.197. The molecule has 3 heteroatoms. The van der Waals surface area contributed by atoms with Gasteiger partial charge >= 0.3 is 0 Å². The first-order valence-electron chi connectivity index (χ1n) is 6.46. The zero-order chi connectivity index (χ0) is 12.1. The van der Waals surface area contributed by atoms with Crippen molar-refractivity contribution in [2.45, 2.75) is 19.9 Å². The first-order valence-corrected chi connectivity index (χ1v) is 6.46. The van der Waals surface area contributed by atoms with E-state index in [0.29, 0.717) is 5.92 Å². The number of nitrogens with two attached hydrogens (primary N) is 1. The molecule has 0 saturated carbocycles. The van der Waals surface area contributed by atoms with Crippen LogP contribution in [0.5, 0.6) is 5.75 Å². The maximum atomic E-state index is 5.78. The number of hydrogen-bond acceptors (Lipinski definition) is 3. The highest BCUT2D eigenvalue weighted by molar-refractivity contribution is 5.33. The lowest BCUT2D eigenvalue weighted by Crippen LogP contribution is -2.33. The van der Waals surface area contributed by atoms with Gasteiger partial charge in [-0.05, 0) is 18.5 Å². The van der Waals surface area contributed by atoms with E-state index in [-0.39, 0.29) is 0 Å². The van der Waals surface area contributed by atoms with Gasteiger partial charge < -0.3 is 10.5 Å². The van der Waals surface area contributed by atoms with E-state index in [1.54, 1.807) is 0 Å². The molecule has 1 heterocycles. The Morgan fingerprint density at radius 1 is 1.41 bits per heavy atom. The summed E-state index contributed by atoms with van der Waals surface area (Å²) in [4.78, 5) is 2.45. The van der Waals surface area contributed by atoms with Crippen LogP contribution >= 0.6 is 0 Å². The molecule has 3 nitrogen and oxygen atoms in total. The Bertz CT molecular complexity index is 350. The maximum absolute atomic E-state index is 5.78. The summed E-state index contributed by atoms with van der Waals surface area (Å²) < 4.78 is 5.75. The second-order valence-corrected chi connectivity index (χ2v) is 4.70. The van der Waals surface area contributed by atoms with Crippen LogP contribution in [0.1, 0.15) is 18.9 Å². The Kier molecular flexibility index (Phi) is 4.40. The number of ether oxygens (including phenoxy) is 1. The van der Waals surface area contributed by atoms with Crippen molar-refractivity contribution in [3.63, 3.8) is 0 Å². The van der Waals surface area contributed by atoms with Crippen molar-refractivity contribution in [1.29, 1.82) is 0 Å². The molecule has 2 rings (SSSR count). The molecule has 1 aliphatic rings. The molecule has 1 unspecified atom stereocenters. The van der Waals surface area contributed by atoms with Crippen LogP contribution in [0.25, 0.3) is 0 Å². The number of hydrogen-bond donors (Lipinski definition) is 1. The molecule has 0 saturated heterocycles. The highest BCUT2D eigenvalue weighted by Crippen LogP contribution is 2.22. The third kappa shape index (κ3) is 3.20. The summed E-state index contributed by atoms with van der Waals surface area (Å²) >= 11 is 0. The second-order valence-electron chi connectivity index (χ2n) is 4.70. The van der Waals surface area contributed by atoms with Crippen LogP contribution in [0.3, 0.4) is 0 Å². The third-order valence-corrected chi connectivity index (χ3v) is 3.46. The van der Waals surface area contributed by atoms with Gasteiger partial charge in [0.25, 0.3) is 0 Å². The monoisotopic (exact) mass is 234 g/mol. The van der Waals surface area contributed by atoms with E-state index >= 15 is 0 Å². The Labute approximate surface area is 104 Å². The lowest BCUT2D eigenvalue weighted by atomic mass is 10.1. The van der Waals surface area contributed by atoms with Gasteiger partial charge in [0, 0.05) is 25.2 Å². The summed E-state index contributed by atoms with van der Waals surface area (Å²) in [5.41, 5.74) is 7.07. The fourth-order valence-electron chi connectivity index (χ4n) is 2.27. The topological polar surface area (TPSA) is 38.5 Å². The molecule has 94 valence electrons. The first-order chi connectivity index (χ1) is 8.33. The van der Waals surface area contributed by atoms with Gasteiger partial charge in [-0.1, -0.05) is 31.5 Å². The molecule has 0 amide bonds. The Morgan fingerprint density at radius 2 is 2.24 bits per heavy atom. The second kappa shape index (κ2) is 6.03. The summed E-state index contributed by atoms with van der Waals surface area (Å²) in [7, 11) is 0. The van der Waals surface area contributed by atoms with Gasteiger partial charge in [-0.3, -0.25) is 4.90 Å². The summed E-state index contributed by atoms with van der Waals surface area (Å²) in [5, 5.41) is 0. The summed E-state index contributed by atoms with van der Waals surface area (Å²) in [6, 6.07) is 8.31. The summed E-state index contributed by atoms with van der Waals surface area (Å²) in [6.07, 6.45) is 1.15. The molecular formula is C14H22N2O. The number of nitrogens with zero attached hydrogens (tertiary/aromatic N) is 1. The summed E-state index contributed by atoms with van der Waals surface area (Å²) in [6.45, 7) is 6.80. The molecule has 2 N–H and O–H groups in total. The van der Waals surface area contributed by atoms with Gasteiger partial charge in [-0.15, -0.1) is 0 Å². The Morgan fingerprint density at radius 3 is 3.00 bits per heavy atom. The van der Waals surface area contributed by atoms with Crippen molar-refractivity contribution in [2.75, 3.05) is 26.2 Å². The van der Waals surface area contributed by atoms with E-state index in [1.807, 2.05) is 6.07 Å². The molecule has 1 atom stereocenters. The van der Waals surface area contributed by atoms with Gasteiger partial charge in [0.1, 0.15) is 12.4 Å². The number of benzene rings is 1. The van der Waals surface area contributed by atoms with Crippen molar-refractivity contribution in [2.24, 2.45) is 11.7 Å². The minimum atomic E-state index is 0.597. The lowest BCUT2D eigenvalue weighted by Gasteiger charge is -2.24. The molecular weight excluding hydrogens is 212 g/mol. The van der Waals surface area contributed by atoms with Gasteiger partial charge in [0.2, 0.25) is 0 Å². The number of fused-ring (bicyclic) bond motifs is 1. The first kappa shape index (κ1) is 12.4. The third-order valence-electron chi connectivity index (χ3n) is 3.46. The smallest absolute Gasteiger partial charge is 0.123 e. The predicted molar refractivity (Wildman–Crippen MR) is 70.0 cm³/mol. The van der Waals surface area contributed by atoms with Crippen molar-refractivity contribution >= 4 is 0 Å². The Hall–Kier alpha value is -1.06. The fourth-order valence-corrected chi connectivity index (χ4v) is 2.27. The minimum absolute atomic E-state index is 0.597. The highest BCUT2D eigenvalue weighted by Gasteiger charge is 2.17. The van der Waals surface area contributed by atoms with Gasteiger partial charge in [-0.2, -0.15) is 0 Å². The molecule has 0 spiro atoms. The van der Waals surface area contributed by atoms with E-state index in [2.05, 4.69) is 30.0 Å². The molecule has 1 aromatic carbocycles. The standard InChI is InChI=1S/C14H22N2O/c1-2-12(9-15)10-16-7-8-17-14-6-4-3-5-13(14)11-16/h3-6,12H,2,7-11,15H2,1H3. The van der Waals surface area contributed by atoms with Crippen LogP contribution in [0, 0.1) is 5.92 Å². The zero-order valence-corrected chi connectivity index (χ0v) is 10.6. The average molecular weight is 234 g/mol. The average Bonchev–Trinajstić information content (AvgIpc) is 2.57. The molecule has 17 heavy (non-hydrogen) atoms. The molecule has 0 bridgehead atoms. The van der Waals surface area contributed by atoms with Crippen molar-refractivity contribution < 1.29 is 4.74 Å². The molecule has 1 aliphatic heterocycles. The van der Waals surface area contributed by atoms with Crippen LogP contribution in [-0.2, 0) is 6.54 Å². The van der Waals surface area contributed by atoms with E-state index in [1.165, 1.54) is 5.56 Å². The number of para-hydroxylation sites is 1. The SMILES string of the molecule is CCC(CN)CN1CCOc2ccccc2C1. The van der Waals surface area contributed by atoms with E-state index < -0.39 is 0 Å². The highest BCUT2D eigenvalue weighted by atomic mass is 16.5. The molecule has 1 aromatic rings. The predicted octanol–water partition coefficient (Wildman–Crippen LogP) is 1.87. The van der Waals surface area contributed by atoms with Crippen molar-refractivity contribution in [3.8, 4) is 5.75 Å². The van der Waals surface area contributed by atoms with Gasteiger partial charge in [0.05, 0.1) is 0 Å². The van der Waals surface area contributed by atoms with E-state index in [4.69, 9.17) is 10.5 Å². The normalized spacial score (nSPS) is 18.0. The van der Waals surface area contributed by atoms with Crippen LogP contribution in [0.15, 0.2) is 24.3 Å². The van der Waals surface area contributed by atoms with Crippen LogP contribution < -0.4 is 10.5 Å².